The van der Waals surface area contributed by atoms with E-state index in [1.54, 1.807) is 6.07 Å². The van der Waals surface area contributed by atoms with Crippen LogP contribution in [0.2, 0.25) is 0 Å². The SMILES string of the molecule is CCCCCCCCOc1ccc(-c2ccccc2)c(C(=O)OCC(F)CCCCCC)c1. The first kappa shape index (κ1) is 26.9. The molecule has 1 atom stereocenters. The third kappa shape index (κ3) is 10.4. The van der Waals surface area contributed by atoms with Crippen LogP contribution in [-0.4, -0.2) is 25.4 Å². The van der Waals surface area contributed by atoms with Gasteiger partial charge in [0.15, 0.2) is 0 Å². The van der Waals surface area contributed by atoms with Gasteiger partial charge < -0.3 is 9.47 Å². The average Bonchev–Trinajstić information content (AvgIpc) is 2.85. The molecule has 0 saturated heterocycles. The largest absolute Gasteiger partial charge is 0.494 e. The van der Waals surface area contributed by atoms with Crippen LogP contribution in [0.25, 0.3) is 11.1 Å². The lowest BCUT2D eigenvalue weighted by Crippen LogP contribution is -2.16. The lowest BCUT2D eigenvalue weighted by molar-refractivity contribution is 0.0389. The van der Waals surface area contributed by atoms with Crippen LogP contribution in [0.15, 0.2) is 48.5 Å². The van der Waals surface area contributed by atoms with Gasteiger partial charge in [-0.15, -0.1) is 0 Å². The van der Waals surface area contributed by atoms with E-state index in [1.807, 2.05) is 42.5 Å². The number of halogens is 1. The normalized spacial score (nSPS) is 11.8. The third-order valence-electron chi connectivity index (χ3n) is 5.83. The smallest absolute Gasteiger partial charge is 0.338 e. The number of esters is 1. The molecular weight excluding hydrogens is 415 g/mol. The molecule has 4 heteroatoms. The van der Waals surface area contributed by atoms with E-state index >= 15 is 0 Å². The van der Waals surface area contributed by atoms with Gasteiger partial charge in [0.1, 0.15) is 18.5 Å². The highest BCUT2D eigenvalue weighted by molar-refractivity contribution is 5.97. The summed E-state index contributed by atoms with van der Waals surface area (Å²) in [7, 11) is 0. The highest BCUT2D eigenvalue weighted by atomic mass is 19.1. The Bertz CT molecular complexity index is 791. The van der Waals surface area contributed by atoms with Crippen molar-refractivity contribution in [1.82, 2.24) is 0 Å². The van der Waals surface area contributed by atoms with Crippen molar-refractivity contribution in [2.45, 2.75) is 90.6 Å². The standard InChI is InChI=1S/C29H41FO3/c1-3-5-7-9-10-15-21-32-26-19-20-27(24-16-12-11-13-17-24)28(22-26)29(31)33-23-25(30)18-14-8-6-4-2/h11-13,16-17,19-20,22,25H,3-10,14-15,18,21,23H2,1-2H3. The van der Waals surface area contributed by atoms with Gasteiger partial charge in [0.2, 0.25) is 0 Å². The summed E-state index contributed by atoms with van der Waals surface area (Å²) in [6.45, 7) is 4.76. The van der Waals surface area contributed by atoms with E-state index < -0.39 is 12.1 Å². The molecule has 0 heterocycles. The van der Waals surface area contributed by atoms with Gasteiger partial charge in [-0.25, -0.2) is 9.18 Å². The van der Waals surface area contributed by atoms with E-state index in [9.17, 15) is 9.18 Å². The van der Waals surface area contributed by atoms with Gasteiger partial charge in [-0.05, 0) is 42.2 Å². The predicted molar refractivity (Wildman–Crippen MR) is 135 cm³/mol. The number of unbranched alkanes of at least 4 members (excludes halogenated alkanes) is 8. The van der Waals surface area contributed by atoms with Gasteiger partial charge in [0.05, 0.1) is 12.2 Å². The van der Waals surface area contributed by atoms with Gasteiger partial charge in [0, 0.05) is 0 Å². The Labute approximate surface area is 199 Å². The molecule has 0 saturated carbocycles. The van der Waals surface area contributed by atoms with Crippen LogP contribution in [0, 0.1) is 0 Å². The summed E-state index contributed by atoms with van der Waals surface area (Å²) in [5.41, 5.74) is 2.11. The van der Waals surface area contributed by atoms with Crippen molar-refractivity contribution in [2.24, 2.45) is 0 Å². The topological polar surface area (TPSA) is 35.5 Å². The Hall–Kier alpha value is -2.36. The first-order valence-electron chi connectivity index (χ1n) is 12.8. The van der Waals surface area contributed by atoms with Gasteiger partial charge in [-0.1, -0.05) is 102 Å². The molecule has 2 rings (SSSR count). The van der Waals surface area contributed by atoms with E-state index in [0.29, 0.717) is 24.3 Å². The number of benzene rings is 2. The molecule has 0 N–H and O–H groups in total. The van der Waals surface area contributed by atoms with Crippen molar-refractivity contribution >= 4 is 5.97 Å². The van der Waals surface area contributed by atoms with E-state index in [2.05, 4.69) is 13.8 Å². The van der Waals surface area contributed by atoms with Crippen LogP contribution in [-0.2, 0) is 4.74 Å². The summed E-state index contributed by atoms with van der Waals surface area (Å²) in [5.74, 6) is 0.140. The molecule has 3 nitrogen and oxygen atoms in total. The summed E-state index contributed by atoms with van der Waals surface area (Å²) >= 11 is 0. The Kier molecular flexibility index (Phi) is 13.3. The fourth-order valence-corrected chi connectivity index (χ4v) is 3.84. The zero-order valence-electron chi connectivity index (χ0n) is 20.5. The number of carbonyl (C=O) groups is 1. The molecule has 0 radical (unpaired) electrons. The zero-order valence-corrected chi connectivity index (χ0v) is 20.5. The molecule has 0 spiro atoms. The van der Waals surface area contributed by atoms with Crippen LogP contribution in [0.5, 0.6) is 5.75 Å². The van der Waals surface area contributed by atoms with Gasteiger partial charge in [-0.3, -0.25) is 0 Å². The van der Waals surface area contributed by atoms with Gasteiger partial charge >= 0.3 is 5.97 Å². The summed E-state index contributed by atoms with van der Waals surface area (Å²) < 4.78 is 25.5. The molecule has 0 aromatic heterocycles. The van der Waals surface area contributed by atoms with E-state index in [-0.39, 0.29) is 6.61 Å². The summed E-state index contributed by atoms with van der Waals surface area (Å²) in [4.78, 5) is 12.9. The molecule has 0 bridgehead atoms. The lowest BCUT2D eigenvalue weighted by atomic mass is 9.99. The number of rotatable bonds is 17. The fourth-order valence-electron chi connectivity index (χ4n) is 3.84. The van der Waals surface area contributed by atoms with Crippen LogP contribution >= 0.6 is 0 Å². The van der Waals surface area contributed by atoms with Crippen LogP contribution in [0.1, 0.15) is 94.8 Å². The van der Waals surface area contributed by atoms with E-state index in [4.69, 9.17) is 9.47 Å². The first-order valence-corrected chi connectivity index (χ1v) is 12.8. The Morgan fingerprint density at radius 1 is 0.848 bits per heavy atom. The highest BCUT2D eigenvalue weighted by Gasteiger charge is 2.18. The molecule has 1 unspecified atom stereocenters. The van der Waals surface area contributed by atoms with Crippen molar-refractivity contribution in [3.05, 3.63) is 54.1 Å². The Balaban J connectivity index is 1.98. The Morgan fingerprint density at radius 3 is 2.24 bits per heavy atom. The molecule has 33 heavy (non-hydrogen) atoms. The number of hydrogen-bond donors (Lipinski definition) is 0. The highest BCUT2D eigenvalue weighted by Crippen LogP contribution is 2.28. The van der Waals surface area contributed by atoms with Gasteiger partial charge in [-0.2, -0.15) is 0 Å². The fraction of sp³-hybridized carbons (Fsp3) is 0.552. The third-order valence-corrected chi connectivity index (χ3v) is 5.83. The molecule has 182 valence electrons. The second-order valence-electron chi connectivity index (χ2n) is 8.73. The first-order chi connectivity index (χ1) is 16.2. The maximum Gasteiger partial charge on any atom is 0.338 e. The van der Waals surface area contributed by atoms with Crippen LogP contribution in [0.3, 0.4) is 0 Å². The van der Waals surface area contributed by atoms with Crippen LogP contribution in [0.4, 0.5) is 4.39 Å². The molecule has 0 fully saturated rings. The number of ether oxygens (including phenoxy) is 2. The molecule has 0 aliphatic heterocycles. The molecule has 0 aliphatic rings. The van der Waals surface area contributed by atoms with Crippen molar-refractivity contribution in [1.29, 1.82) is 0 Å². The number of alkyl halides is 1. The lowest BCUT2D eigenvalue weighted by Gasteiger charge is -2.14. The predicted octanol–water partition coefficient (Wildman–Crippen LogP) is 8.56. The zero-order chi connectivity index (χ0) is 23.7. The second kappa shape index (κ2) is 16.3. The average molecular weight is 457 g/mol. The summed E-state index contributed by atoms with van der Waals surface area (Å²) in [6, 6.07) is 15.2. The van der Waals surface area contributed by atoms with Crippen molar-refractivity contribution in [2.75, 3.05) is 13.2 Å². The molecular formula is C29H41FO3. The molecule has 2 aromatic carbocycles. The maximum atomic E-state index is 14.2. The van der Waals surface area contributed by atoms with Crippen molar-refractivity contribution < 1.29 is 18.7 Å². The molecule has 2 aromatic rings. The summed E-state index contributed by atoms with van der Waals surface area (Å²) in [6.07, 6.45) is 10.5. The minimum Gasteiger partial charge on any atom is -0.494 e. The second-order valence-corrected chi connectivity index (χ2v) is 8.73. The minimum atomic E-state index is -1.13. The molecule has 0 amide bonds. The van der Waals surface area contributed by atoms with E-state index in [0.717, 1.165) is 49.7 Å². The molecule has 0 aliphatic carbocycles. The maximum absolute atomic E-state index is 14.2. The van der Waals surface area contributed by atoms with E-state index in [1.165, 1.54) is 25.7 Å². The number of carbonyl (C=O) groups excluding carboxylic acids is 1. The van der Waals surface area contributed by atoms with Gasteiger partial charge in [0.25, 0.3) is 0 Å². The minimum absolute atomic E-state index is 0.206. The quantitative estimate of drug-likeness (QED) is 0.177. The van der Waals surface area contributed by atoms with Crippen LogP contribution < -0.4 is 4.74 Å². The number of hydrogen-bond acceptors (Lipinski definition) is 3. The Morgan fingerprint density at radius 2 is 1.52 bits per heavy atom. The van der Waals surface area contributed by atoms with Crippen molar-refractivity contribution in [3.8, 4) is 16.9 Å². The monoisotopic (exact) mass is 456 g/mol. The summed E-state index contributed by atoms with van der Waals surface area (Å²) in [5, 5.41) is 0. The van der Waals surface area contributed by atoms with Crippen molar-refractivity contribution in [3.63, 3.8) is 0 Å².